The van der Waals surface area contributed by atoms with Crippen LogP contribution in [0.15, 0.2) is 34.9 Å². The molecule has 0 saturated heterocycles. The maximum Gasteiger partial charge on any atom is 0.162 e. The maximum atomic E-state index is 13.2. The van der Waals surface area contributed by atoms with Crippen LogP contribution in [0.25, 0.3) is 11.4 Å². The minimum absolute atomic E-state index is 0.302. The number of hydrogen-bond acceptors (Lipinski definition) is 3. The van der Waals surface area contributed by atoms with Gasteiger partial charge in [-0.1, -0.05) is 22.9 Å². The van der Waals surface area contributed by atoms with Crippen molar-refractivity contribution in [2.24, 2.45) is 0 Å². The summed E-state index contributed by atoms with van der Waals surface area (Å²) >= 11 is 3.38. The first-order chi connectivity index (χ1) is 8.70. The standard InChI is InChI=1S/C13H13BrFN3/c1-2-6-16-12-5-7-17-13(18-12)10-8-9(15)3-4-11(10)14/h3-5,7-8H,2,6H2,1H3,(H,16,17,18). The quantitative estimate of drug-likeness (QED) is 0.931. The summed E-state index contributed by atoms with van der Waals surface area (Å²) in [6.07, 6.45) is 2.68. The van der Waals surface area contributed by atoms with E-state index in [1.165, 1.54) is 12.1 Å². The molecule has 0 aliphatic rings. The van der Waals surface area contributed by atoms with Crippen molar-refractivity contribution in [3.63, 3.8) is 0 Å². The highest BCUT2D eigenvalue weighted by atomic mass is 79.9. The lowest BCUT2D eigenvalue weighted by Gasteiger charge is -2.07. The van der Waals surface area contributed by atoms with E-state index in [0.717, 1.165) is 23.3 Å². The predicted octanol–water partition coefficient (Wildman–Crippen LogP) is 3.87. The van der Waals surface area contributed by atoms with Crippen LogP contribution in [-0.2, 0) is 0 Å². The van der Waals surface area contributed by atoms with Gasteiger partial charge in [0.1, 0.15) is 11.6 Å². The van der Waals surface area contributed by atoms with Gasteiger partial charge in [-0.05, 0) is 30.7 Å². The smallest absolute Gasteiger partial charge is 0.162 e. The Balaban J connectivity index is 2.35. The zero-order chi connectivity index (χ0) is 13.0. The Kier molecular flexibility index (Phi) is 4.25. The summed E-state index contributed by atoms with van der Waals surface area (Å²) in [6, 6.07) is 6.27. The summed E-state index contributed by atoms with van der Waals surface area (Å²) in [7, 11) is 0. The fourth-order valence-electron chi connectivity index (χ4n) is 1.51. The fraction of sp³-hybridized carbons (Fsp3) is 0.231. The highest BCUT2D eigenvalue weighted by Crippen LogP contribution is 2.26. The lowest BCUT2D eigenvalue weighted by Crippen LogP contribution is -2.03. The molecule has 2 rings (SSSR count). The summed E-state index contributed by atoms with van der Waals surface area (Å²) < 4.78 is 14.0. The molecular weight excluding hydrogens is 297 g/mol. The Hall–Kier alpha value is -1.49. The van der Waals surface area contributed by atoms with Gasteiger partial charge < -0.3 is 5.32 Å². The number of benzene rings is 1. The number of aromatic nitrogens is 2. The number of halogens is 2. The van der Waals surface area contributed by atoms with E-state index in [2.05, 4.69) is 38.1 Å². The molecule has 1 aromatic carbocycles. The van der Waals surface area contributed by atoms with Gasteiger partial charge in [0, 0.05) is 22.8 Å². The van der Waals surface area contributed by atoms with Crippen molar-refractivity contribution < 1.29 is 4.39 Å². The van der Waals surface area contributed by atoms with Crippen LogP contribution in [0.5, 0.6) is 0 Å². The first-order valence-electron chi connectivity index (χ1n) is 5.73. The minimum atomic E-state index is -0.302. The third kappa shape index (κ3) is 3.04. The first kappa shape index (κ1) is 13.0. The molecule has 0 spiro atoms. The van der Waals surface area contributed by atoms with Crippen molar-refractivity contribution in [3.05, 3.63) is 40.8 Å². The molecule has 0 fully saturated rings. The molecule has 0 amide bonds. The Morgan fingerprint density at radius 1 is 1.33 bits per heavy atom. The molecule has 0 bridgehead atoms. The van der Waals surface area contributed by atoms with Crippen molar-refractivity contribution in [1.82, 2.24) is 9.97 Å². The van der Waals surface area contributed by atoms with Crippen molar-refractivity contribution in [2.75, 3.05) is 11.9 Å². The van der Waals surface area contributed by atoms with E-state index < -0.39 is 0 Å². The van der Waals surface area contributed by atoms with Crippen LogP contribution >= 0.6 is 15.9 Å². The topological polar surface area (TPSA) is 37.8 Å². The van der Waals surface area contributed by atoms with Crippen LogP contribution in [-0.4, -0.2) is 16.5 Å². The van der Waals surface area contributed by atoms with Crippen LogP contribution in [0.4, 0.5) is 10.2 Å². The van der Waals surface area contributed by atoms with E-state index in [1.807, 2.05) is 0 Å². The van der Waals surface area contributed by atoms with E-state index in [-0.39, 0.29) is 5.82 Å². The fourth-order valence-corrected chi connectivity index (χ4v) is 1.93. The number of nitrogens with zero attached hydrogens (tertiary/aromatic N) is 2. The second kappa shape index (κ2) is 5.91. The van der Waals surface area contributed by atoms with Crippen molar-refractivity contribution >= 4 is 21.7 Å². The van der Waals surface area contributed by atoms with E-state index >= 15 is 0 Å². The number of anilines is 1. The van der Waals surface area contributed by atoms with Gasteiger partial charge >= 0.3 is 0 Å². The number of hydrogen-bond donors (Lipinski definition) is 1. The molecule has 2 aromatic rings. The van der Waals surface area contributed by atoms with Gasteiger partial charge in [0.25, 0.3) is 0 Å². The van der Waals surface area contributed by atoms with Crippen molar-refractivity contribution in [2.45, 2.75) is 13.3 Å². The second-order valence-corrected chi connectivity index (χ2v) is 4.67. The predicted molar refractivity (Wildman–Crippen MR) is 73.9 cm³/mol. The molecule has 0 atom stereocenters. The summed E-state index contributed by atoms with van der Waals surface area (Å²) in [5.41, 5.74) is 0.648. The van der Waals surface area contributed by atoms with Crippen molar-refractivity contribution in [3.8, 4) is 11.4 Å². The lowest BCUT2D eigenvalue weighted by atomic mass is 10.2. The molecule has 3 nitrogen and oxygen atoms in total. The number of nitrogens with one attached hydrogen (secondary N) is 1. The molecule has 18 heavy (non-hydrogen) atoms. The lowest BCUT2D eigenvalue weighted by molar-refractivity contribution is 0.628. The molecule has 1 heterocycles. The van der Waals surface area contributed by atoms with E-state index in [0.29, 0.717) is 11.4 Å². The van der Waals surface area contributed by atoms with E-state index in [9.17, 15) is 4.39 Å². The van der Waals surface area contributed by atoms with Gasteiger partial charge in [0.2, 0.25) is 0 Å². The molecule has 0 aliphatic heterocycles. The van der Waals surface area contributed by atoms with Crippen LogP contribution in [0.2, 0.25) is 0 Å². The van der Waals surface area contributed by atoms with Gasteiger partial charge in [0.05, 0.1) is 0 Å². The zero-order valence-electron chi connectivity index (χ0n) is 9.95. The van der Waals surface area contributed by atoms with Gasteiger partial charge in [-0.2, -0.15) is 0 Å². The molecule has 0 aliphatic carbocycles. The van der Waals surface area contributed by atoms with Crippen LogP contribution in [0.1, 0.15) is 13.3 Å². The van der Waals surface area contributed by atoms with Gasteiger partial charge in [-0.15, -0.1) is 0 Å². The van der Waals surface area contributed by atoms with Crippen LogP contribution in [0.3, 0.4) is 0 Å². The molecule has 1 aromatic heterocycles. The molecule has 0 saturated carbocycles. The maximum absolute atomic E-state index is 13.2. The van der Waals surface area contributed by atoms with Gasteiger partial charge in [-0.25, -0.2) is 14.4 Å². The Labute approximate surface area is 114 Å². The van der Waals surface area contributed by atoms with Gasteiger partial charge in [-0.3, -0.25) is 0 Å². The van der Waals surface area contributed by atoms with Crippen molar-refractivity contribution in [1.29, 1.82) is 0 Å². The summed E-state index contributed by atoms with van der Waals surface area (Å²) in [6.45, 7) is 2.93. The molecule has 1 N–H and O–H groups in total. The Morgan fingerprint density at radius 2 is 2.17 bits per heavy atom. The minimum Gasteiger partial charge on any atom is -0.370 e. The monoisotopic (exact) mass is 309 g/mol. The summed E-state index contributed by atoms with van der Waals surface area (Å²) in [4.78, 5) is 8.54. The highest BCUT2D eigenvalue weighted by Gasteiger charge is 2.08. The summed E-state index contributed by atoms with van der Waals surface area (Å²) in [5, 5.41) is 3.18. The molecule has 94 valence electrons. The molecular formula is C13H13BrFN3. The van der Waals surface area contributed by atoms with Crippen LogP contribution < -0.4 is 5.32 Å². The molecule has 0 unspecified atom stereocenters. The van der Waals surface area contributed by atoms with Crippen LogP contribution in [0, 0.1) is 5.82 Å². The molecule has 5 heteroatoms. The highest BCUT2D eigenvalue weighted by molar-refractivity contribution is 9.10. The number of rotatable bonds is 4. The first-order valence-corrected chi connectivity index (χ1v) is 6.52. The normalized spacial score (nSPS) is 10.4. The average Bonchev–Trinajstić information content (AvgIpc) is 2.39. The SMILES string of the molecule is CCCNc1ccnc(-c2cc(F)ccc2Br)n1. The molecule has 0 radical (unpaired) electrons. The average molecular weight is 310 g/mol. The van der Waals surface area contributed by atoms with E-state index in [4.69, 9.17) is 0 Å². The summed E-state index contributed by atoms with van der Waals surface area (Å²) in [5.74, 6) is 0.948. The van der Waals surface area contributed by atoms with Gasteiger partial charge in [0.15, 0.2) is 5.82 Å². The Morgan fingerprint density at radius 3 is 2.94 bits per heavy atom. The second-order valence-electron chi connectivity index (χ2n) is 3.82. The third-order valence-electron chi connectivity index (χ3n) is 2.38. The Bertz CT molecular complexity index is 546. The third-order valence-corrected chi connectivity index (χ3v) is 3.07. The van der Waals surface area contributed by atoms with E-state index in [1.54, 1.807) is 18.3 Å². The largest absolute Gasteiger partial charge is 0.370 e. The zero-order valence-corrected chi connectivity index (χ0v) is 11.5.